The number of carbonyl (C=O) groups is 5. The number of hydrogen-bond acceptors (Lipinski definition) is 11. The van der Waals surface area contributed by atoms with Gasteiger partial charge in [-0.25, -0.2) is 4.79 Å². The monoisotopic (exact) mass is 919 g/mol. The standard InChI is InChI=1S/C21H23NO3.C18H18O5.C16H12O4/c1-22(2)11-5-8-18-17-7-4-3-6-16(17)14-25-20-10-9-15(12-19(18)20)13-21(23)24;1-21-17(19)11-13-7-9-15(10-8-13)23-12-14-5-3-4-6-16(14)18(20)22-2;17-15(18)8-10-5-6-14-13(7-10)16(19)12-4-2-1-3-11(12)9-20-14/h3-4,6-10,12H,5,11,13-14H2,1-2H3,(H,23,24);3-10H,11-12H2,1-2H3;1-7H,8-9H2,(H,17,18)/b18-8-;;. The van der Waals surface area contributed by atoms with Crippen molar-refractivity contribution in [2.24, 2.45) is 0 Å². The number of carboxylic acids is 2. The van der Waals surface area contributed by atoms with Gasteiger partial charge in [-0.05, 0) is 96.4 Å². The fourth-order valence-corrected chi connectivity index (χ4v) is 7.49. The molecule has 0 aliphatic carbocycles. The van der Waals surface area contributed by atoms with E-state index in [2.05, 4.69) is 41.9 Å². The lowest BCUT2D eigenvalue weighted by Crippen LogP contribution is -2.12. The molecule has 0 spiro atoms. The molecule has 6 aromatic rings. The molecule has 2 heterocycles. The summed E-state index contributed by atoms with van der Waals surface area (Å²) in [6.07, 6.45) is 3.28. The second-order valence-corrected chi connectivity index (χ2v) is 16.1. The summed E-state index contributed by atoms with van der Waals surface area (Å²) in [6, 6.07) is 40.4. The molecule has 13 heteroatoms. The molecule has 0 bridgehead atoms. The van der Waals surface area contributed by atoms with Crippen LogP contribution in [-0.4, -0.2) is 79.6 Å². The number of ether oxygens (including phenoxy) is 5. The number of fused-ring (bicyclic) bond motifs is 4. The highest BCUT2D eigenvalue weighted by Crippen LogP contribution is 2.38. The average Bonchev–Trinajstić information content (AvgIpc) is 3.58. The van der Waals surface area contributed by atoms with Crippen LogP contribution in [0.5, 0.6) is 17.2 Å². The highest BCUT2D eigenvalue weighted by atomic mass is 16.5. The molecule has 0 saturated heterocycles. The number of esters is 2. The summed E-state index contributed by atoms with van der Waals surface area (Å²) in [5.74, 6) is -0.593. The fraction of sp³-hybridized carbons (Fsp3) is 0.218. The topological polar surface area (TPSA) is 175 Å². The number of hydrogen-bond donors (Lipinski definition) is 2. The maximum absolute atomic E-state index is 12.5. The summed E-state index contributed by atoms with van der Waals surface area (Å²) in [5, 5.41) is 17.9. The highest BCUT2D eigenvalue weighted by Gasteiger charge is 2.23. The van der Waals surface area contributed by atoms with Gasteiger partial charge in [0, 0.05) is 28.8 Å². The first-order valence-electron chi connectivity index (χ1n) is 21.8. The van der Waals surface area contributed by atoms with Crippen molar-refractivity contribution in [1.29, 1.82) is 0 Å². The van der Waals surface area contributed by atoms with Gasteiger partial charge in [-0.1, -0.05) is 97.1 Å². The van der Waals surface area contributed by atoms with Crippen molar-refractivity contribution in [1.82, 2.24) is 4.90 Å². The van der Waals surface area contributed by atoms with Gasteiger partial charge in [-0.15, -0.1) is 0 Å². The predicted octanol–water partition coefficient (Wildman–Crippen LogP) is 8.79. The molecule has 350 valence electrons. The summed E-state index contributed by atoms with van der Waals surface area (Å²) in [5.41, 5.74) is 9.73. The Morgan fingerprint density at radius 2 is 1.16 bits per heavy atom. The van der Waals surface area contributed by atoms with Crippen molar-refractivity contribution in [2.45, 2.75) is 45.5 Å². The zero-order valence-corrected chi connectivity index (χ0v) is 38.4. The highest BCUT2D eigenvalue weighted by molar-refractivity contribution is 6.12. The Hall–Kier alpha value is -8.03. The fourth-order valence-electron chi connectivity index (χ4n) is 7.49. The Balaban J connectivity index is 0.000000169. The number of rotatable bonds is 13. The van der Waals surface area contributed by atoms with E-state index in [9.17, 15) is 24.0 Å². The van der Waals surface area contributed by atoms with E-state index in [1.165, 1.54) is 14.2 Å². The Bertz CT molecular complexity index is 2790. The van der Waals surface area contributed by atoms with Gasteiger partial charge in [-0.2, -0.15) is 0 Å². The quantitative estimate of drug-likeness (QED) is 0.105. The molecular formula is C55H53NO12. The van der Waals surface area contributed by atoms with Gasteiger partial charge >= 0.3 is 23.9 Å². The molecule has 8 rings (SSSR count). The Labute approximate surface area is 395 Å². The summed E-state index contributed by atoms with van der Waals surface area (Å²) in [7, 11) is 6.82. The predicted molar refractivity (Wildman–Crippen MR) is 255 cm³/mol. The minimum Gasteiger partial charge on any atom is -0.489 e. The van der Waals surface area contributed by atoms with Gasteiger partial charge < -0.3 is 38.8 Å². The molecule has 0 amide bonds. The summed E-state index contributed by atoms with van der Waals surface area (Å²) in [4.78, 5) is 59.4. The van der Waals surface area contributed by atoms with E-state index in [4.69, 9.17) is 29.2 Å². The summed E-state index contributed by atoms with van der Waals surface area (Å²) < 4.78 is 26.7. The van der Waals surface area contributed by atoms with Crippen LogP contribution in [0.25, 0.3) is 5.57 Å². The maximum Gasteiger partial charge on any atom is 0.338 e. The van der Waals surface area contributed by atoms with E-state index in [0.29, 0.717) is 47.0 Å². The number of carboxylic acid groups (broad SMARTS) is 2. The van der Waals surface area contributed by atoms with Gasteiger partial charge in [0.2, 0.25) is 0 Å². The number of benzene rings is 6. The molecule has 2 N–H and O–H groups in total. The summed E-state index contributed by atoms with van der Waals surface area (Å²) >= 11 is 0. The molecule has 0 radical (unpaired) electrons. The van der Waals surface area contributed by atoms with Crippen LogP contribution in [0.1, 0.15) is 77.2 Å². The van der Waals surface area contributed by atoms with Crippen molar-refractivity contribution in [3.05, 3.63) is 201 Å². The zero-order chi connectivity index (χ0) is 48.6. The first kappa shape index (κ1) is 49.4. The van der Waals surface area contributed by atoms with Crippen LogP contribution in [0, 0.1) is 0 Å². The molecule has 0 unspecified atom stereocenters. The molecule has 68 heavy (non-hydrogen) atoms. The molecule has 2 aliphatic rings. The van der Waals surface area contributed by atoms with Gasteiger partial charge in [-0.3, -0.25) is 19.2 Å². The average molecular weight is 920 g/mol. The van der Waals surface area contributed by atoms with E-state index in [-0.39, 0.29) is 37.6 Å². The lowest BCUT2D eigenvalue weighted by atomic mass is 9.92. The van der Waals surface area contributed by atoms with Gasteiger partial charge in [0.1, 0.15) is 37.1 Å². The number of aliphatic carboxylic acids is 2. The molecule has 0 aromatic heterocycles. The SMILES string of the molecule is CN(C)CC/C=C1/c2ccccc2COc2ccc(CC(=O)O)cc21.COC(=O)Cc1ccc(OCc2ccccc2C(=O)OC)cc1.O=C(O)Cc1ccc2c(c1)C(=O)c1ccccc1CO2. The van der Waals surface area contributed by atoms with Crippen molar-refractivity contribution < 1.29 is 57.9 Å². The summed E-state index contributed by atoms with van der Waals surface area (Å²) in [6.45, 7) is 2.07. The van der Waals surface area contributed by atoms with E-state index in [1.807, 2.05) is 60.7 Å². The van der Waals surface area contributed by atoms with Crippen molar-refractivity contribution >= 4 is 35.2 Å². The number of methoxy groups -OCH3 is 2. The Morgan fingerprint density at radius 1 is 0.618 bits per heavy atom. The Kier molecular flexibility index (Phi) is 17.4. The van der Waals surface area contributed by atoms with Crippen LogP contribution in [-0.2, 0) is 62.9 Å². The van der Waals surface area contributed by atoms with Crippen LogP contribution < -0.4 is 14.2 Å². The number of ketones is 1. The van der Waals surface area contributed by atoms with Crippen molar-refractivity contribution in [3.8, 4) is 17.2 Å². The number of nitrogens with zero attached hydrogens (tertiary/aromatic N) is 1. The van der Waals surface area contributed by atoms with Crippen molar-refractivity contribution in [3.63, 3.8) is 0 Å². The van der Waals surface area contributed by atoms with Gasteiger partial charge in [0.25, 0.3) is 0 Å². The number of carbonyl (C=O) groups excluding carboxylic acids is 3. The smallest absolute Gasteiger partial charge is 0.338 e. The maximum atomic E-state index is 12.5. The Morgan fingerprint density at radius 3 is 1.76 bits per heavy atom. The first-order valence-corrected chi connectivity index (χ1v) is 21.8. The third-order valence-electron chi connectivity index (χ3n) is 10.9. The lowest BCUT2D eigenvalue weighted by molar-refractivity contribution is -0.140. The molecule has 0 atom stereocenters. The van der Waals surface area contributed by atoms with E-state index >= 15 is 0 Å². The van der Waals surface area contributed by atoms with Gasteiger partial charge in [0.15, 0.2) is 5.78 Å². The third-order valence-corrected chi connectivity index (χ3v) is 10.9. The largest absolute Gasteiger partial charge is 0.489 e. The van der Waals surface area contributed by atoms with Crippen LogP contribution in [0.15, 0.2) is 140 Å². The zero-order valence-electron chi connectivity index (χ0n) is 38.4. The van der Waals surface area contributed by atoms with Crippen molar-refractivity contribution in [2.75, 3.05) is 34.9 Å². The molecule has 2 aliphatic heterocycles. The van der Waals surface area contributed by atoms with Crippen LogP contribution in [0.2, 0.25) is 0 Å². The van der Waals surface area contributed by atoms with Crippen LogP contribution >= 0.6 is 0 Å². The van der Waals surface area contributed by atoms with Crippen LogP contribution in [0.4, 0.5) is 0 Å². The minimum absolute atomic E-state index is 0.0138. The molecule has 13 nitrogen and oxygen atoms in total. The van der Waals surface area contributed by atoms with Crippen LogP contribution in [0.3, 0.4) is 0 Å². The molecule has 6 aromatic carbocycles. The molecule has 0 fully saturated rings. The minimum atomic E-state index is -0.924. The first-order chi connectivity index (χ1) is 32.8. The van der Waals surface area contributed by atoms with E-state index in [0.717, 1.165) is 63.2 Å². The third kappa shape index (κ3) is 13.5. The van der Waals surface area contributed by atoms with E-state index in [1.54, 1.807) is 60.7 Å². The molecular weight excluding hydrogens is 867 g/mol. The van der Waals surface area contributed by atoms with E-state index < -0.39 is 17.9 Å². The molecule has 0 saturated carbocycles. The second-order valence-electron chi connectivity index (χ2n) is 16.1. The van der Waals surface area contributed by atoms with Gasteiger partial charge in [0.05, 0.1) is 44.6 Å². The normalized spacial score (nSPS) is 12.5. The lowest BCUT2D eigenvalue weighted by Gasteiger charge is -2.13. The second kappa shape index (κ2) is 23.9.